The summed E-state index contributed by atoms with van der Waals surface area (Å²) in [6.07, 6.45) is 1.84. The molecule has 0 aromatic carbocycles. The highest BCUT2D eigenvalue weighted by molar-refractivity contribution is 9.10. The second kappa shape index (κ2) is 3.72. The van der Waals surface area contributed by atoms with Gasteiger partial charge < -0.3 is 0 Å². The van der Waals surface area contributed by atoms with Crippen LogP contribution in [0, 0.1) is 0 Å². The summed E-state index contributed by atoms with van der Waals surface area (Å²) in [6.45, 7) is 0. The maximum Gasteiger partial charge on any atom is 0.106 e. The number of rotatable bonds is 1. The Kier molecular flexibility index (Phi) is 2.60. The zero-order valence-corrected chi connectivity index (χ0v) is 9.84. The number of hydrogen-bond donors (Lipinski definition) is 0. The highest BCUT2D eigenvalue weighted by Gasteiger charge is 1.98. The van der Waals surface area contributed by atoms with Crippen LogP contribution in [0.3, 0.4) is 0 Å². The van der Waals surface area contributed by atoms with Crippen molar-refractivity contribution in [2.45, 2.75) is 5.33 Å². The third-order valence-corrected chi connectivity index (χ3v) is 2.75. The molecule has 0 bridgehead atoms. The standard InChI is InChI=1S/C9H6Br2N2/c10-4-7-3-8-6(5-12-7)1-2-9(11)13-8/h1-3,5H,4H2. The highest BCUT2D eigenvalue weighted by atomic mass is 79.9. The van der Waals surface area contributed by atoms with E-state index in [1.54, 1.807) is 0 Å². The number of nitrogens with zero attached hydrogens (tertiary/aromatic N) is 2. The van der Waals surface area contributed by atoms with Gasteiger partial charge in [0.15, 0.2) is 0 Å². The molecule has 0 aliphatic rings. The fraction of sp³-hybridized carbons (Fsp3) is 0.111. The minimum atomic E-state index is 0.761. The highest BCUT2D eigenvalue weighted by Crippen LogP contribution is 2.16. The molecule has 0 amide bonds. The summed E-state index contributed by atoms with van der Waals surface area (Å²) in [5, 5.41) is 1.82. The molecule has 0 unspecified atom stereocenters. The van der Waals surface area contributed by atoms with Crippen molar-refractivity contribution >= 4 is 42.8 Å². The molecule has 0 spiro atoms. The molecule has 0 aliphatic carbocycles. The first-order valence-electron chi connectivity index (χ1n) is 3.77. The number of alkyl halides is 1. The van der Waals surface area contributed by atoms with Crippen LogP contribution in [-0.4, -0.2) is 9.97 Å². The van der Waals surface area contributed by atoms with Crippen molar-refractivity contribution in [2.75, 3.05) is 0 Å². The lowest BCUT2D eigenvalue weighted by molar-refractivity contribution is 1.19. The Balaban J connectivity index is 2.68. The monoisotopic (exact) mass is 300 g/mol. The predicted octanol–water partition coefficient (Wildman–Crippen LogP) is 3.29. The van der Waals surface area contributed by atoms with Crippen LogP contribution in [0.25, 0.3) is 10.9 Å². The average molecular weight is 302 g/mol. The topological polar surface area (TPSA) is 25.8 Å². The number of halogens is 2. The minimum Gasteiger partial charge on any atom is -0.260 e. The molecule has 66 valence electrons. The second-order valence-corrected chi connectivity index (χ2v) is 4.01. The van der Waals surface area contributed by atoms with Crippen LogP contribution in [0.1, 0.15) is 5.69 Å². The van der Waals surface area contributed by atoms with Crippen molar-refractivity contribution in [1.29, 1.82) is 0 Å². The van der Waals surface area contributed by atoms with Gasteiger partial charge in [-0.15, -0.1) is 0 Å². The summed E-state index contributed by atoms with van der Waals surface area (Å²) >= 11 is 6.70. The first-order valence-corrected chi connectivity index (χ1v) is 5.68. The van der Waals surface area contributed by atoms with E-state index in [2.05, 4.69) is 41.8 Å². The summed E-state index contributed by atoms with van der Waals surface area (Å²) in [4.78, 5) is 8.59. The van der Waals surface area contributed by atoms with Gasteiger partial charge in [-0.1, -0.05) is 15.9 Å². The molecule has 0 aliphatic heterocycles. The Labute approximate surface area is 92.7 Å². The molecule has 0 saturated heterocycles. The lowest BCUT2D eigenvalue weighted by atomic mass is 10.2. The van der Waals surface area contributed by atoms with Crippen LogP contribution in [0.5, 0.6) is 0 Å². The van der Waals surface area contributed by atoms with E-state index in [0.29, 0.717) is 0 Å². The Morgan fingerprint density at radius 3 is 2.92 bits per heavy atom. The summed E-state index contributed by atoms with van der Waals surface area (Å²) in [5.41, 5.74) is 1.97. The van der Waals surface area contributed by atoms with Crippen molar-refractivity contribution in [1.82, 2.24) is 9.97 Å². The van der Waals surface area contributed by atoms with E-state index in [0.717, 1.165) is 26.5 Å². The van der Waals surface area contributed by atoms with E-state index < -0.39 is 0 Å². The van der Waals surface area contributed by atoms with Gasteiger partial charge in [0.2, 0.25) is 0 Å². The zero-order chi connectivity index (χ0) is 9.26. The van der Waals surface area contributed by atoms with Gasteiger partial charge in [-0.25, -0.2) is 4.98 Å². The third kappa shape index (κ3) is 1.89. The summed E-state index contributed by atoms with van der Waals surface area (Å²) in [6, 6.07) is 5.89. The first kappa shape index (κ1) is 9.09. The van der Waals surface area contributed by atoms with Crippen LogP contribution in [0.2, 0.25) is 0 Å². The van der Waals surface area contributed by atoms with Gasteiger partial charge >= 0.3 is 0 Å². The molecule has 0 saturated carbocycles. The quantitative estimate of drug-likeness (QED) is 0.597. The van der Waals surface area contributed by atoms with Crippen molar-refractivity contribution in [2.24, 2.45) is 0 Å². The summed E-state index contributed by atoms with van der Waals surface area (Å²) < 4.78 is 0.853. The number of aromatic nitrogens is 2. The van der Waals surface area contributed by atoms with Crippen molar-refractivity contribution in [3.8, 4) is 0 Å². The third-order valence-electron chi connectivity index (χ3n) is 1.73. The van der Waals surface area contributed by atoms with E-state index >= 15 is 0 Å². The molecule has 2 aromatic heterocycles. The lowest BCUT2D eigenvalue weighted by Crippen LogP contribution is -1.87. The second-order valence-electron chi connectivity index (χ2n) is 2.64. The van der Waals surface area contributed by atoms with Crippen molar-refractivity contribution in [3.63, 3.8) is 0 Å². The predicted molar refractivity (Wildman–Crippen MR) is 59.9 cm³/mol. The number of fused-ring (bicyclic) bond motifs is 1. The number of hydrogen-bond acceptors (Lipinski definition) is 2. The molecule has 0 atom stereocenters. The van der Waals surface area contributed by atoms with Gasteiger partial charge in [0, 0.05) is 16.9 Å². The Morgan fingerprint density at radius 2 is 2.15 bits per heavy atom. The number of pyridine rings is 2. The Morgan fingerprint density at radius 1 is 1.31 bits per heavy atom. The van der Waals surface area contributed by atoms with Gasteiger partial charge in [0.25, 0.3) is 0 Å². The molecule has 13 heavy (non-hydrogen) atoms. The molecule has 0 radical (unpaired) electrons. The van der Waals surface area contributed by atoms with E-state index in [1.165, 1.54) is 0 Å². The molecule has 2 nitrogen and oxygen atoms in total. The van der Waals surface area contributed by atoms with E-state index in [-0.39, 0.29) is 0 Å². The van der Waals surface area contributed by atoms with Gasteiger partial charge in [0.05, 0.1) is 11.2 Å². The molecular formula is C9H6Br2N2. The first-order chi connectivity index (χ1) is 6.29. The van der Waals surface area contributed by atoms with Crippen molar-refractivity contribution in [3.05, 3.63) is 34.7 Å². The summed E-state index contributed by atoms with van der Waals surface area (Å²) in [5.74, 6) is 0. The van der Waals surface area contributed by atoms with Gasteiger partial charge in [-0.05, 0) is 34.1 Å². The average Bonchev–Trinajstić information content (AvgIpc) is 2.16. The molecular weight excluding hydrogens is 296 g/mol. The van der Waals surface area contributed by atoms with Crippen LogP contribution in [0.4, 0.5) is 0 Å². The van der Waals surface area contributed by atoms with Crippen LogP contribution < -0.4 is 0 Å². The lowest BCUT2D eigenvalue weighted by Gasteiger charge is -1.99. The molecule has 2 aromatic rings. The van der Waals surface area contributed by atoms with Gasteiger partial charge in [0.1, 0.15) is 4.60 Å². The van der Waals surface area contributed by atoms with Crippen LogP contribution >= 0.6 is 31.9 Å². The molecule has 0 N–H and O–H groups in total. The van der Waals surface area contributed by atoms with Crippen LogP contribution in [-0.2, 0) is 5.33 Å². The fourth-order valence-electron chi connectivity index (χ4n) is 1.11. The molecule has 2 rings (SSSR count). The SMILES string of the molecule is BrCc1cc2nc(Br)ccc2cn1. The van der Waals surface area contributed by atoms with E-state index in [9.17, 15) is 0 Å². The molecule has 0 fully saturated rings. The maximum absolute atomic E-state index is 4.34. The largest absolute Gasteiger partial charge is 0.260 e. The fourth-order valence-corrected chi connectivity index (χ4v) is 1.74. The van der Waals surface area contributed by atoms with Gasteiger partial charge in [-0.2, -0.15) is 0 Å². The Bertz CT molecular complexity index is 443. The minimum absolute atomic E-state index is 0.761. The zero-order valence-electron chi connectivity index (χ0n) is 6.67. The molecule has 2 heterocycles. The maximum atomic E-state index is 4.34. The smallest absolute Gasteiger partial charge is 0.106 e. The summed E-state index contributed by atoms with van der Waals surface area (Å²) in [7, 11) is 0. The van der Waals surface area contributed by atoms with Gasteiger partial charge in [-0.3, -0.25) is 4.98 Å². The van der Waals surface area contributed by atoms with Crippen LogP contribution in [0.15, 0.2) is 29.0 Å². The normalized spacial score (nSPS) is 10.6. The molecule has 4 heteroatoms. The van der Waals surface area contributed by atoms with E-state index in [4.69, 9.17) is 0 Å². The Hall–Kier alpha value is -0.480. The van der Waals surface area contributed by atoms with E-state index in [1.807, 2.05) is 24.4 Å². The van der Waals surface area contributed by atoms with Crippen molar-refractivity contribution < 1.29 is 0 Å².